The number of aromatic hydroxyl groups is 1. The maximum Gasteiger partial charge on any atom is 0.127 e. The van der Waals surface area contributed by atoms with Gasteiger partial charge in [0.1, 0.15) is 11.6 Å². The van der Waals surface area contributed by atoms with Gasteiger partial charge in [-0.25, -0.2) is 4.98 Å². The first-order chi connectivity index (χ1) is 13.4. The third kappa shape index (κ3) is 4.56. The van der Waals surface area contributed by atoms with Crippen LogP contribution in [0.5, 0.6) is 5.75 Å². The molecule has 7 heteroatoms. The molecule has 0 saturated heterocycles. The molecule has 0 amide bonds. The van der Waals surface area contributed by atoms with Crippen LogP contribution in [0.1, 0.15) is 5.56 Å². The summed E-state index contributed by atoms with van der Waals surface area (Å²) >= 11 is 12.7. The first-order valence-corrected chi connectivity index (χ1v) is 9.44. The average Bonchev–Trinajstić information content (AvgIpc) is 2.67. The van der Waals surface area contributed by atoms with Gasteiger partial charge in [-0.2, -0.15) is 0 Å². The van der Waals surface area contributed by atoms with Gasteiger partial charge in [0.05, 0.1) is 18.4 Å². The summed E-state index contributed by atoms with van der Waals surface area (Å²) in [5.74, 6) is 0.554. The van der Waals surface area contributed by atoms with Gasteiger partial charge in [-0.1, -0.05) is 40.9 Å². The van der Waals surface area contributed by atoms with Crippen LogP contribution in [0.25, 0.3) is 22.4 Å². The largest absolute Gasteiger partial charge is 0.507 e. The van der Waals surface area contributed by atoms with Crippen LogP contribution in [-0.2, 0) is 0 Å². The number of phenolic OH excluding ortho intramolecular Hbond substituents is 1. The Labute approximate surface area is 173 Å². The molecule has 1 unspecified atom stereocenters. The molecule has 0 aliphatic carbocycles. The fourth-order valence-electron chi connectivity index (χ4n) is 2.82. The monoisotopic (exact) mass is 418 g/mol. The molecule has 5 nitrogen and oxygen atoms in total. The molecule has 4 N–H and O–H groups in total. The number of phenols is 1. The van der Waals surface area contributed by atoms with Crippen molar-refractivity contribution in [1.82, 2.24) is 4.98 Å². The molecule has 0 saturated carbocycles. The molecule has 1 aromatic heterocycles. The van der Waals surface area contributed by atoms with Crippen molar-refractivity contribution in [2.75, 3.05) is 18.5 Å². The van der Waals surface area contributed by atoms with Crippen LogP contribution < -0.4 is 5.32 Å². The van der Waals surface area contributed by atoms with Crippen LogP contribution in [-0.4, -0.2) is 39.6 Å². The lowest BCUT2D eigenvalue weighted by molar-refractivity contribution is 0.105. The second-order valence-corrected chi connectivity index (χ2v) is 7.28. The van der Waals surface area contributed by atoms with Gasteiger partial charge < -0.3 is 20.6 Å². The SMILES string of the molecule is Cc1ccc(O)c(-c2cc(-c3c(Cl)cccc3Cl)cc(NCC(O)CO)n2)c1. The Morgan fingerprint density at radius 2 is 1.79 bits per heavy atom. The number of rotatable bonds is 6. The highest BCUT2D eigenvalue weighted by atomic mass is 35.5. The molecule has 0 bridgehead atoms. The molecule has 2 aromatic carbocycles. The van der Waals surface area contributed by atoms with E-state index in [4.69, 9.17) is 28.3 Å². The van der Waals surface area contributed by atoms with Crippen LogP contribution in [0.3, 0.4) is 0 Å². The summed E-state index contributed by atoms with van der Waals surface area (Å²) in [4.78, 5) is 4.55. The molecule has 0 aliphatic heterocycles. The van der Waals surface area contributed by atoms with Gasteiger partial charge in [0.25, 0.3) is 0 Å². The minimum Gasteiger partial charge on any atom is -0.507 e. The summed E-state index contributed by atoms with van der Waals surface area (Å²) in [6.07, 6.45) is -0.926. The van der Waals surface area contributed by atoms with E-state index in [-0.39, 0.29) is 18.9 Å². The van der Waals surface area contributed by atoms with E-state index in [1.54, 1.807) is 36.4 Å². The van der Waals surface area contributed by atoms with E-state index in [0.29, 0.717) is 38.2 Å². The highest BCUT2D eigenvalue weighted by Crippen LogP contribution is 2.38. The van der Waals surface area contributed by atoms with E-state index in [1.807, 2.05) is 19.1 Å². The number of aromatic nitrogens is 1. The van der Waals surface area contributed by atoms with E-state index in [9.17, 15) is 10.2 Å². The molecule has 0 spiro atoms. The summed E-state index contributed by atoms with van der Waals surface area (Å²) in [7, 11) is 0. The Morgan fingerprint density at radius 1 is 1.07 bits per heavy atom. The lowest BCUT2D eigenvalue weighted by atomic mass is 10.0. The fourth-order valence-corrected chi connectivity index (χ4v) is 3.43. The normalized spacial score (nSPS) is 12.0. The van der Waals surface area contributed by atoms with Crippen LogP contribution in [0.2, 0.25) is 10.0 Å². The van der Waals surface area contributed by atoms with E-state index in [1.165, 1.54) is 0 Å². The lowest BCUT2D eigenvalue weighted by Crippen LogP contribution is -2.23. The van der Waals surface area contributed by atoms with Crippen molar-refractivity contribution in [3.05, 3.63) is 64.1 Å². The van der Waals surface area contributed by atoms with Crippen LogP contribution in [0.4, 0.5) is 5.82 Å². The molecular formula is C21H20Cl2N2O3. The van der Waals surface area contributed by atoms with E-state index >= 15 is 0 Å². The van der Waals surface area contributed by atoms with Crippen molar-refractivity contribution in [2.24, 2.45) is 0 Å². The van der Waals surface area contributed by atoms with Crippen LogP contribution in [0, 0.1) is 6.92 Å². The molecule has 146 valence electrons. The number of aliphatic hydroxyl groups excluding tert-OH is 2. The number of nitrogens with zero attached hydrogens (tertiary/aromatic N) is 1. The number of hydrogen-bond donors (Lipinski definition) is 4. The van der Waals surface area contributed by atoms with E-state index < -0.39 is 6.10 Å². The van der Waals surface area contributed by atoms with Crippen molar-refractivity contribution in [3.63, 3.8) is 0 Å². The van der Waals surface area contributed by atoms with Gasteiger partial charge in [-0.3, -0.25) is 0 Å². The first-order valence-electron chi connectivity index (χ1n) is 8.68. The van der Waals surface area contributed by atoms with Crippen molar-refractivity contribution in [1.29, 1.82) is 0 Å². The molecule has 0 radical (unpaired) electrons. The number of aryl methyl sites for hydroxylation is 1. The van der Waals surface area contributed by atoms with Crippen LogP contribution >= 0.6 is 23.2 Å². The Kier molecular flexibility index (Phi) is 6.42. The molecule has 1 heterocycles. The summed E-state index contributed by atoms with van der Waals surface area (Å²) < 4.78 is 0. The quantitative estimate of drug-likeness (QED) is 0.473. The van der Waals surface area contributed by atoms with E-state index in [2.05, 4.69) is 10.3 Å². The average molecular weight is 419 g/mol. The molecule has 0 aliphatic rings. The summed E-state index contributed by atoms with van der Waals surface area (Å²) in [6, 6.07) is 14.1. The fraction of sp³-hybridized carbons (Fsp3) is 0.190. The van der Waals surface area contributed by atoms with Gasteiger partial charge in [-0.15, -0.1) is 0 Å². The Morgan fingerprint density at radius 3 is 2.46 bits per heavy atom. The smallest absolute Gasteiger partial charge is 0.127 e. The standard InChI is InChI=1S/C21H20Cl2N2O3/c1-12-5-6-19(28)15(7-12)18-8-13(21-16(22)3-2-4-17(21)23)9-20(25-18)24-10-14(27)11-26/h2-9,14,26-28H,10-11H2,1H3,(H,24,25). The molecule has 3 rings (SSSR count). The zero-order valence-corrected chi connectivity index (χ0v) is 16.7. The second kappa shape index (κ2) is 8.80. The number of benzene rings is 2. The molecular weight excluding hydrogens is 399 g/mol. The predicted molar refractivity (Wildman–Crippen MR) is 113 cm³/mol. The highest BCUT2D eigenvalue weighted by molar-refractivity contribution is 6.39. The summed E-state index contributed by atoms with van der Waals surface area (Å²) in [5.41, 5.74) is 3.42. The number of pyridine rings is 1. The zero-order valence-electron chi connectivity index (χ0n) is 15.2. The first kappa shape index (κ1) is 20.4. The number of aliphatic hydroxyl groups is 2. The Balaban J connectivity index is 2.15. The summed E-state index contributed by atoms with van der Waals surface area (Å²) in [6.45, 7) is 1.67. The van der Waals surface area contributed by atoms with Gasteiger partial charge in [-0.05, 0) is 48.9 Å². The Bertz CT molecular complexity index is 975. The second-order valence-electron chi connectivity index (χ2n) is 6.46. The molecule has 3 aromatic rings. The van der Waals surface area contributed by atoms with Gasteiger partial charge in [0.2, 0.25) is 0 Å². The third-order valence-corrected chi connectivity index (χ3v) is 4.86. The molecule has 28 heavy (non-hydrogen) atoms. The lowest BCUT2D eigenvalue weighted by Gasteiger charge is -2.15. The van der Waals surface area contributed by atoms with E-state index in [0.717, 1.165) is 5.56 Å². The topological polar surface area (TPSA) is 85.6 Å². The highest BCUT2D eigenvalue weighted by Gasteiger charge is 2.15. The van der Waals surface area contributed by atoms with Crippen molar-refractivity contribution in [3.8, 4) is 28.1 Å². The Hall–Kier alpha value is -2.31. The number of nitrogens with one attached hydrogen (secondary N) is 1. The minimum atomic E-state index is -0.926. The van der Waals surface area contributed by atoms with Crippen LogP contribution in [0.15, 0.2) is 48.5 Å². The van der Waals surface area contributed by atoms with Crippen molar-refractivity contribution >= 4 is 29.0 Å². The number of halogens is 2. The van der Waals surface area contributed by atoms with Gasteiger partial charge in [0.15, 0.2) is 0 Å². The third-order valence-electron chi connectivity index (χ3n) is 4.23. The summed E-state index contributed by atoms with van der Waals surface area (Å²) in [5, 5.41) is 33.0. The van der Waals surface area contributed by atoms with Crippen molar-refractivity contribution < 1.29 is 15.3 Å². The molecule has 1 atom stereocenters. The zero-order chi connectivity index (χ0) is 20.3. The number of anilines is 1. The van der Waals surface area contributed by atoms with Gasteiger partial charge >= 0.3 is 0 Å². The van der Waals surface area contributed by atoms with Gasteiger partial charge in [0, 0.05) is 27.7 Å². The predicted octanol–water partition coefficient (Wildman–Crippen LogP) is 4.50. The minimum absolute atomic E-state index is 0.0989. The van der Waals surface area contributed by atoms with Crippen molar-refractivity contribution in [2.45, 2.75) is 13.0 Å². The maximum atomic E-state index is 10.3. The molecule has 0 fully saturated rings. The number of hydrogen-bond acceptors (Lipinski definition) is 5. The maximum absolute atomic E-state index is 10.3.